The van der Waals surface area contributed by atoms with Gasteiger partial charge < -0.3 is 11.1 Å². The van der Waals surface area contributed by atoms with Crippen molar-refractivity contribution in [2.24, 2.45) is 11.1 Å². The zero-order valence-electron chi connectivity index (χ0n) is 9.75. The van der Waals surface area contributed by atoms with E-state index in [-0.39, 0.29) is 11.3 Å². The molecule has 0 bridgehead atoms. The van der Waals surface area contributed by atoms with E-state index in [4.69, 9.17) is 5.73 Å². The number of hydrogen-bond acceptors (Lipinski definition) is 2. The highest BCUT2D eigenvalue weighted by Gasteiger charge is 2.27. The van der Waals surface area contributed by atoms with Gasteiger partial charge in [-0.05, 0) is 46.2 Å². The normalized spacial score (nSPS) is 13.3. The van der Waals surface area contributed by atoms with Crippen LogP contribution in [0.2, 0.25) is 0 Å². The molecule has 0 saturated heterocycles. The molecular weight excluding hydrogens is 315 g/mol. The molecular formula is C12H17IN2O. The fourth-order valence-corrected chi connectivity index (χ4v) is 1.72. The molecule has 1 atom stereocenters. The summed E-state index contributed by atoms with van der Waals surface area (Å²) in [5.41, 5.74) is 6.42. The molecule has 0 unspecified atom stereocenters. The average molecular weight is 332 g/mol. The van der Waals surface area contributed by atoms with Gasteiger partial charge in [0, 0.05) is 9.26 Å². The van der Waals surface area contributed by atoms with Crippen LogP contribution < -0.4 is 11.1 Å². The molecule has 1 aromatic rings. The summed E-state index contributed by atoms with van der Waals surface area (Å²) in [5.74, 6) is -0.144. The lowest BCUT2D eigenvalue weighted by atomic mass is 9.87. The van der Waals surface area contributed by atoms with Crippen molar-refractivity contribution in [1.29, 1.82) is 0 Å². The molecule has 0 aliphatic carbocycles. The van der Waals surface area contributed by atoms with E-state index >= 15 is 0 Å². The lowest BCUT2D eigenvalue weighted by Crippen LogP contribution is -2.45. The second-order valence-electron chi connectivity index (χ2n) is 4.84. The number of amides is 1. The summed E-state index contributed by atoms with van der Waals surface area (Å²) >= 11 is 2.20. The number of hydrogen-bond donors (Lipinski definition) is 2. The highest BCUT2D eigenvalue weighted by molar-refractivity contribution is 14.1. The summed E-state index contributed by atoms with van der Waals surface area (Å²) in [5, 5.41) is 2.82. The smallest absolute Gasteiger partial charge is 0.241 e. The van der Waals surface area contributed by atoms with E-state index in [0.29, 0.717) is 0 Å². The maximum atomic E-state index is 11.8. The van der Waals surface area contributed by atoms with Crippen LogP contribution in [-0.4, -0.2) is 11.9 Å². The van der Waals surface area contributed by atoms with Gasteiger partial charge in [0.05, 0.1) is 6.04 Å². The second-order valence-corrected chi connectivity index (χ2v) is 6.09. The Morgan fingerprint density at radius 1 is 1.44 bits per heavy atom. The Morgan fingerprint density at radius 3 is 2.56 bits per heavy atom. The Labute approximate surface area is 110 Å². The summed E-state index contributed by atoms with van der Waals surface area (Å²) in [4.78, 5) is 11.8. The van der Waals surface area contributed by atoms with Crippen LogP contribution in [0.5, 0.6) is 0 Å². The van der Waals surface area contributed by atoms with Crippen LogP contribution in [0.4, 0.5) is 5.69 Å². The SMILES string of the molecule is CC(C)(C)[C@H](N)C(=O)Nc1cccc(I)c1. The molecule has 88 valence electrons. The number of nitrogens with one attached hydrogen (secondary N) is 1. The van der Waals surface area contributed by atoms with E-state index in [1.807, 2.05) is 45.0 Å². The molecule has 1 rings (SSSR count). The van der Waals surface area contributed by atoms with Crippen LogP contribution in [0, 0.1) is 8.99 Å². The summed E-state index contributed by atoms with van der Waals surface area (Å²) in [6.07, 6.45) is 0. The average Bonchev–Trinajstić information content (AvgIpc) is 2.15. The quantitative estimate of drug-likeness (QED) is 0.818. The Balaban J connectivity index is 2.72. The van der Waals surface area contributed by atoms with Gasteiger partial charge in [-0.25, -0.2) is 0 Å². The van der Waals surface area contributed by atoms with Gasteiger partial charge in [-0.2, -0.15) is 0 Å². The summed E-state index contributed by atoms with van der Waals surface area (Å²) < 4.78 is 1.08. The van der Waals surface area contributed by atoms with E-state index in [2.05, 4.69) is 27.9 Å². The third-order valence-electron chi connectivity index (χ3n) is 2.31. The first-order chi connectivity index (χ1) is 7.30. The Hall–Kier alpha value is -0.620. The third kappa shape index (κ3) is 3.75. The van der Waals surface area contributed by atoms with Crippen LogP contribution in [-0.2, 0) is 4.79 Å². The molecule has 3 nitrogen and oxygen atoms in total. The molecule has 0 aromatic heterocycles. The van der Waals surface area contributed by atoms with Crippen molar-refractivity contribution in [2.45, 2.75) is 26.8 Å². The molecule has 1 aromatic carbocycles. The Morgan fingerprint density at radius 2 is 2.06 bits per heavy atom. The van der Waals surface area contributed by atoms with E-state index in [1.54, 1.807) is 0 Å². The number of carbonyl (C=O) groups is 1. The number of rotatable bonds is 2. The standard InChI is InChI=1S/C12H17IN2O/c1-12(2,3)10(14)11(16)15-9-6-4-5-8(13)7-9/h4-7,10H,14H2,1-3H3,(H,15,16)/t10-/m1/s1. The minimum absolute atomic E-state index is 0.144. The molecule has 0 spiro atoms. The van der Waals surface area contributed by atoms with Gasteiger partial charge in [-0.15, -0.1) is 0 Å². The van der Waals surface area contributed by atoms with Crippen LogP contribution in [0.15, 0.2) is 24.3 Å². The van der Waals surface area contributed by atoms with Crippen molar-refractivity contribution in [3.8, 4) is 0 Å². The van der Waals surface area contributed by atoms with Gasteiger partial charge in [0.2, 0.25) is 5.91 Å². The molecule has 16 heavy (non-hydrogen) atoms. The maximum absolute atomic E-state index is 11.8. The topological polar surface area (TPSA) is 55.1 Å². The van der Waals surface area contributed by atoms with Gasteiger partial charge in [-0.1, -0.05) is 26.8 Å². The second kappa shape index (κ2) is 5.14. The van der Waals surface area contributed by atoms with E-state index in [1.165, 1.54) is 0 Å². The predicted octanol–water partition coefficient (Wildman–Crippen LogP) is 2.60. The van der Waals surface area contributed by atoms with Gasteiger partial charge >= 0.3 is 0 Å². The fourth-order valence-electron chi connectivity index (χ4n) is 1.18. The van der Waals surface area contributed by atoms with Crippen molar-refractivity contribution in [3.05, 3.63) is 27.8 Å². The van der Waals surface area contributed by atoms with Crippen LogP contribution in [0.1, 0.15) is 20.8 Å². The lowest BCUT2D eigenvalue weighted by Gasteiger charge is -2.25. The molecule has 0 radical (unpaired) electrons. The van der Waals surface area contributed by atoms with Crippen molar-refractivity contribution in [1.82, 2.24) is 0 Å². The third-order valence-corrected chi connectivity index (χ3v) is 2.98. The molecule has 0 fully saturated rings. The van der Waals surface area contributed by atoms with Crippen LogP contribution in [0.3, 0.4) is 0 Å². The van der Waals surface area contributed by atoms with Crippen LogP contribution in [0.25, 0.3) is 0 Å². The number of nitrogens with two attached hydrogens (primary N) is 1. The Kier molecular flexibility index (Phi) is 4.32. The first-order valence-corrected chi connectivity index (χ1v) is 6.20. The van der Waals surface area contributed by atoms with Crippen molar-refractivity contribution < 1.29 is 4.79 Å². The van der Waals surface area contributed by atoms with Crippen molar-refractivity contribution in [3.63, 3.8) is 0 Å². The molecule has 0 aliphatic rings. The molecule has 0 saturated carbocycles. The molecule has 4 heteroatoms. The van der Waals surface area contributed by atoms with Crippen LogP contribution >= 0.6 is 22.6 Å². The number of anilines is 1. The van der Waals surface area contributed by atoms with Gasteiger partial charge in [0.1, 0.15) is 0 Å². The zero-order chi connectivity index (χ0) is 12.3. The maximum Gasteiger partial charge on any atom is 0.241 e. The van der Waals surface area contributed by atoms with Crippen molar-refractivity contribution in [2.75, 3.05) is 5.32 Å². The Bertz CT molecular complexity index is 385. The minimum Gasteiger partial charge on any atom is -0.325 e. The van der Waals surface area contributed by atoms with E-state index in [0.717, 1.165) is 9.26 Å². The molecule has 3 N–H and O–H groups in total. The molecule has 0 heterocycles. The summed E-state index contributed by atoms with van der Waals surface area (Å²) in [6.45, 7) is 5.85. The van der Waals surface area contributed by atoms with Gasteiger partial charge in [0.25, 0.3) is 0 Å². The number of halogens is 1. The minimum atomic E-state index is -0.509. The van der Waals surface area contributed by atoms with E-state index < -0.39 is 6.04 Å². The zero-order valence-corrected chi connectivity index (χ0v) is 11.9. The lowest BCUT2D eigenvalue weighted by molar-refractivity contribution is -0.119. The predicted molar refractivity (Wildman–Crippen MR) is 75.2 cm³/mol. The summed E-state index contributed by atoms with van der Waals surface area (Å²) in [6, 6.07) is 7.13. The fraction of sp³-hybridized carbons (Fsp3) is 0.417. The van der Waals surface area contributed by atoms with Gasteiger partial charge in [0.15, 0.2) is 0 Å². The highest BCUT2D eigenvalue weighted by Crippen LogP contribution is 2.19. The monoisotopic (exact) mass is 332 g/mol. The van der Waals surface area contributed by atoms with E-state index in [9.17, 15) is 4.79 Å². The number of carbonyl (C=O) groups excluding carboxylic acids is 1. The first-order valence-electron chi connectivity index (χ1n) is 5.13. The first kappa shape index (κ1) is 13.4. The largest absolute Gasteiger partial charge is 0.325 e. The molecule has 1 amide bonds. The van der Waals surface area contributed by atoms with Crippen molar-refractivity contribution >= 4 is 34.2 Å². The molecule has 0 aliphatic heterocycles. The number of benzene rings is 1. The summed E-state index contributed by atoms with van der Waals surface area (Å²) in [7, 11) is 0. The van der Waals surface area contributed by atoms with Gasteiger partial charge in [-0.3, -0.25) is 4.79 Å². The highest BCUT2D eigenvalue weighted by atomic mass is 127.